The predicted molar refractivity (Wildman–Crippen MR) is 109 cm³/mol. The van der Waals surface area contributed by atoms with Crippen LogP contribution in [0.3, 0.4) is 0 Å². The van der Waals surface area contributed by atoms with Gasteiger partial charge in [0, 0.05) is 43.7 Å². The molecule has 2 saturated heterocycles. The first kappa shape index (κ1) is 20.0. The normalized spacial score (nSPS) is 30.4. The lowest BCUT2D eigenvalue weighted by Gasteiger charge is -2.44. The number of fused-ring (bicyclic) bond motifs is 1. The van der Waals surface area contributed by atoms with Crippen LogP contribution in [0.4, 0.5) is 0 Å². The van der Waals surface area contributed by atoms with Crippen molar-refractivity contribution < 1.29 is 14.4 Å². The monoisotopic (exact) mass is 398 g/mol. The van der Waals surface area contributed by atoms with Gasteiger partial charge in [0.2, 0.25) is 11.8 Å². The molecule has 7 heteroatoms. The number of piperidine rings is 2. The summed E-state index contributed by atoms with van der Waals surface area (Å²) >= 11 is 0. The fourth-order valence-electron chi connectivity index (χ4n) is 4.96. The lowest BCUT2D eigenvalue weighted by atomic mass is 9.87. The highest BCUT2D eigenvalue weighted by atomic mass is 16.2. The van der Waals surface area contributed by atoms with Crippen LogP contribution in [0, 0.1) is 5.92 Å². The first-order valence-corrected chi connectivity index (χ1v) is 10.6. The highest BCUT2D eigenvalue weighted by molar-refractivity contribution is 6.05. The van der Waals surface area contributed by atoms with E-state index in [4.69, 9.17) is 5.73 Å². The molecule has 3 aliphatic heterocycles. The number of hydrogen-bond donors (Lipinski definition) is 2. The largest absolute Gasteiger partial charge is 0.329 e. The Labute approximate surface area is 171 Å². The van der Waals surface area contributed by atoms with E-state index in [1.165, 1.54) is 6.42 Å². The van der Waals surface area contributed by atoms with Crippen LogP contribution < -0.4 is 11.1 Å². The quantitative estimate of drug-likeness (QED) is 0.748. The Hall–Kier alpha value is -2.25. The van der Waals surface area contributed by atoms with Gasteiger partial charge in [0.15, 0.2) is 0 Å². The van der Waals surface area contributed by atoms with Crippen LogP contribution in [0.1, 0.15) is 61.0 Å². The second-order valence-corrected chi connectivity index (χ2v) is 8.75. The topological polar surface area (TPSA) is 95.7 Å². The molecule has 156 valence electrons. The molecule has 29 heavy (non-hydrogen) atoms. The fraction of sp³-hybridized carbons (Fsp3) is 0.591. The molecule has 0 radical (unpaired) electrons. The van der Waals surface area contributed by atoms with E-state index in [1.807, 2.05) is 12.1 Å². The van der Waals surface area contributed by atoms with Gasteiger partial charge in [0.1, 0.15) is 6.04 Å². The molecule has 4 atom stereocenters. The molecular weight excluding hydrogens is 368 g/mol. The molecule has 3 aliphatic rings. The summed E-state index contributed by atoms with van der Waals surface area (Å²) in [7, 11) is 0. The average Bonchev–Trinajstić information content (AvgIpc) is 3.02. The van der Waals surface area contributed by atoms with E-state index < -0.39 is 6.04 Å². The number of carbonyl (C=O) groups excluding carboxylic acids is 3. The number of imide groups is 1. The molecular formula is C22H30N4O3. The molecule has 0 spiro atoms. The number of hydrogen-bond acceptors (Lipinski definition) is 5. The van der Waals surface area contributed by atoms with Gasteiger partial charge in [-0.2, -0.15) is 0 Å². The molecule has 4 rings (SSSR count). The molecule has 1 aromatic rings. The third-order valence-electron chi connectivity index (χ3n) is 7.00. The Bertz CT molecular complexity index is 837. The van der Waals surface area contributed by atoms with Crippen molar-refractivity contribution in [3.05, 3.63) is 34.9 Å². The fourth-order valence-corrected chi connectivity index (χ4v) is 4.96. The Balaban J connectivity index is 1.52. The van der Waals surface area contributed by atoms with Crippen molar-refractivity contribution in [1.82, 2.24) is 15.1 Å². The molecule has 0 aromatic heterocycles. The first-order valence-electron chi connectivity index (χ1n) is 10.6. The summed E-state index contributed by atoms with van der Waals surface area (Å²) < 4.78 is 0. The Morgan fingerprint density at radius 2 is 1.93 bits per heavy atom. The Morgan fingerprint density at radius 3 is 2.66 bits per heavy atom. The standard InChI is InChI=1S/C22H30N4O3/c1-13-3-6-17(10-23)25(14(13)2)11-15-4-5-16-12-26(22(29)18(16)9-15)19-7-8-20(27)24-21(19)28/h4-5,9,13-14,17,19H,3,6-8,10-12,23H2,1-2H3,(H,24,27,28). The van der Waals surface area contributed by atoms with Crippen molar-refractivity contribution in [3.63, 3.8) is 0 Å². The summed E-state index contributed by atoms with van der Waals surface area (Å²) in [6.45, 7) is 6.38. The Morgan fingerprint density at radius 1 is 1.14 bits per heavy atom. The summed E-state index contributed by atoms with van der Waals surface area (Å²) in [5.41, 5.74) is 8.74. The summed E-state index contributed by atoms with van der Waals surface area (Å²) in [5, 5.41) is 2.35. The van der Waals surface area contributed by atoms with Crippen LogP contribution in [0.2, 0.25) is 0 Å². The van der Waals surface area contributed by atoms with Gasteiger partial charge in [-0.25, -0.2) is 0 Å². The molecule has 1 aromatic carbocycles. The van der Waals surface area contributed by atoms with E-state index in [9.17, 15) is 14.4 Å². The minimum absolute atomic E-state index is 0.119. The van der Waals surface area contributed by atoms with Crippen molar-refractivity contribution >= 4 is 17.7 Å². The number of likely N-dealkylation sites (tertiary alicyclic amines) is 1. The third kappa shape index (κ3) is 3.69. The number of nitrogens with one attached hydrogen (secondary N) is 1. The third-order valence-corrected chi connectivity index (χ3v) is 7.00. The summed E-state index contributed by atoms with van der Waals surface area (Å²) in [5.74, 6) is -0.134. The maximum absolute atomic E-state index is 13.0. The molecule has 7 nitrogen and oxygen atoms in total. The zero-order valence-corrected chi connectivity index (χ0v) is 17.2. The molecule has 2 fully saturated rings. The molecule has 0 saturated carbocycles. The molecule has 3 N–H and O–H groups in total. The minimum atomic E-state index is -0.569. The van der Waals surface area contributed by atoms with Crippen LogP contribution in [-0.4, -0.2) is 52.2 Å². The van der Waals surface area contributed by atoms with Gasteiger partial charge in [0.05, 0.1) is 0 Å². The lowest BCUT2D eigenvalue weighted by Crippen LogP contribution is -2.52. The number of nitrogens with two attached hydrogens (primary N) is 1. The smallest absolute Gasteiger partial charge is 0.255 e. The van der Waals surface area contributed by atoms with Crippen molar-refractivity contribution in [3.8, 4) is 0 Å². The molecule has 4 unspecified atom stereocenters. The summed E-state index contributed by atoms with van der Waals surface area (Å²) in [6.07, 6.45) is 2.96. The number of rotatable bonds is 4. The van der Waals surface area contributed by atoms with Gasteiger partial charge in [-0.3, -0.25) is 24.6 Å². The Kier molecular flexibility index (Phi) is 5.44. The first-order chi connectivity index (χ1) is 13.9. The summed E-state index contributed by atoms with van der Waals surface area (Å²) in [4.78, 5) is 40.7. The maximum Gasteiger partial charge on any atom is 0.255 e. The van der Waals surface area contributed by atoms with E-state index in [0.717, 1.165) is 24.1 Å². The molecule has 3 heterocycles. The van der Waals surface area contributed by atoms with Crippen LogP contribution in [0.15, 0.2) is 18.2 Å². The van der Waals surface area contributed by atoms with Gasteiger partial charge in [0.25, 0.3) is 5.91 Å². The van der Waals surface area contributed by atoms with Crippen LogP contribution in [-0.2, 0) is 22.7 Å². The van der Waals surface area contributed by atoms with Gasteiger partial charge < -0.3 is 10.6 Å². The molecule has 3 amide bonds. The van der Waals surface area contributed by atoms with Crippen molar-refractivity contribution in [2.24, 2.45) is 11.7 Å². The minimum Gasteiger partial charge on any atom is -0.329 e. The number of nitrogens with zero attached hydrogens (tertiary/aromatic N) is 2. The molecule has 0 aliphatic carbocycles. The van der Waals surface area contributed by atoms with Gasteiger partial charge in [-0.05, 0) is 49.3 Å². The number of benzene rings is 1. The zero-order valence-electron chi connectivity index (χ0n) is 17.2. The van der Waals surface area contributed by atoms with Gasteiger partial charge in [-0.1, -0.05) is 19.1 Å². The van der Waals surface area contributed by atoms with Crippen LogP contribution >= 0.6 is 0 Å². The van der Waals surface area contributed by atoms with Crippen molar-refractivity contribution in [2.75, 3.05) is 6.54 Å². The van der Waals surface area contributed by atoms with Gasteiger partial charge >= 0.3 is 0 Å². The van der Waals surface area contributed by atoms with Crippen LogP contribution in [0.5, 0.6) is 0 Å². The average molecular weight is 399 g/mol. The van der Waals surface area contributed by atoms with E-state index in [0.29, 0.717) is 43.1 Å². The number of carbonyl (C=O) groups is 3. The van der Waals surface area contributed by atoms with E-state index in [2.05, 4.69) is 30.1 Å². The lowest BCUT2D eigenvalue weighted by molar-refractivity contribution is -0.136. The van der Waals surface area contributed by atoms with E-state index in [-0.39, 0.29) is 24.1 Å². The van der Waals surface area contributed by atoms with Crippen molar-refractivity contribution in [1.29, 1.82) is 0 Å². The zero-order chi connectivity index (χ0) is 20.7. The van der Waals surface area contributed by atoms with Crippen molar-refractivity contribution in [2.45, 2.75) is 70.7 Å². The highest BCUT2D eigenvalue weighted by Gasteiger charge is 2.39. The van der Waals surface area contributed by atoms with E-state index >= 15 is 0 Å². The summed E-state index contributed by atoms with van der Waals surface area (Å²) in [6, 6.07) is 6.30. The molecule has 0 bridgehead atoms. The second kappa shape index (κ2) is 7.88. The SMILES string of the molecule is CC1CCC(CN)N(Cc2ccc3c(c2)C(=O)N(C2CCC(=O)NC2=O)C3)C1C. The van der Waals surface area contributed by atoms with Crippen LogP contribution in [0.25, 0.3) is 0 Å². The maximum atomic E-state index is 13.0. The number of amides is 3. The van der Waals surface area contributed by atoms with Gasteiger partial charge in [-0.15, -0.1) is 0 Å². The second-order valence-electron chi connectivity index (χ2n) is 8.75. The highest BCUT2D eigenvalue weighted by Crippen LogP contribution is 2.31. The van der Waals surface area contributed by atoms with E-state index in [1.54, 1.807) is 4.90 Å². The predicted octanol–water partition coefficient (Wildman–Crippen LogP) is 1.40.